The minimum absolute atomic E-state index is 0.371. The molecular formula is C15H31NO. The second-order valence-corrected chi connectivity index (χ2v) is 6.53. The summed E-state index contributed by atoms with van der Waals surface area (Å²) in [6.45, 7) is 8.25. The molecule has 0 radical (unpaired) electrons. The molecule has 1 unspecified atom stereocenters. The van der Waals surface area contributed by atoms with Gasteiger partial charge in [0.05, 0.1) is 0 Å². The average Bonchev–Trinajstić information content (AvgIpc) is 2.35. The van der Waals surface area contributed by atoms with Crippen LogP contribution in [0, 0.1) is 23.2 Å². The zero-order chi connectivity index (χ0) is 12.9. The minimum Gasteiger partial charge on any atom is -0.396 e. The maximum Gasteiger partial charge on any atom is 0.0459 e. The standard InChI is InChI=1S/C15H31NO/c1-4-15(3)9-13(11-17)8-14(10-15)12(2)6-5-7-16/h12-14,17H,4-11,16H2,1-3H3/t12-,13-,14?,15+/m0/s1. The number of aliphatic hydroxyl groups excluding tert-OH is 1. The summed E-state index contributed by atoms with van der Waals surface area (Å²) in [6, 6.07) is 0. The molecule has 0 heterocycles. The van der Waals surface area contributed by atoms with Crippen molar-refractivity contribution in [1.29, 1.82) is 0 Å². The Morgan fingerprint density at radius 3 is 2.65 bits per heavy atom. The largest absolute Gasteiger partial charge is 0.396 e. The molecule has 1 rings (SSSR count). The lowest BCUT2D eigenvalue weighted by Gasteiger charge is -2.44. The van der Waals surface area contributed by atoms with Crippen LogP contribution in [0.5, 0.6) is 0 Å². The van der Waals surface area contributed by atoms with E-state index in [1.807, 2.05) is 0 Å². The first-order chi connectivity index (χ1) is 8.04. The molecule has 0 saturated heterocycles. The van der Waals surface area contributed by atoms with Gasteiger partial charge in [-0.1, -0.05) is 27.2 Å². The van der Waals surface area contributed by atoms with Crippen molar-refractivity contribution in [2.24, 2.45) is 28.9 Å². The maximum absolute atomic E-state index is 9.47. The van der Waals surface area contributed by atoms with Gasteiger partial charge in [0, 0.05) is 6.61 Å². The number of aliphatic hydroxyl groups is 1. The number of hydrogen-bond donors (Lipinski definition) is 2. The van der Waals surface area contributed by atoms with E-state index in [1.165, 1.54) is 32.1 Å². The number of nitrogens with two attached hydrogens (primary N) is 1. The van der Waals surface area contributed by atoms with E-state index in [0.717, 1.165) is 24.8 Å². The molecule has 4 atom stereocenters. The lowest BCUT2D eigenvalue weighted by atomic mass is 9.62. The van der Waals surface area contributed by atoms with Crippen LogP contribution in [0.15, 0.2) is 0 Å². The van der Waals surface area contributed by atoms with E-state index < -0.39 is 0 Å². The fourth-order valence-electron chi connectivity index (χ4n) is 3.54. The van der Waals surface area contributed by atoms with E-state index in [-0.39, 0.29) is 0 Å². The average molecular weight is 241 g/mol. The first kappa shape index (κ1) is 15.0. The summed E-state index contributed by atoms with van der Waals surface area (Å²) in [4.78, 5) is 0. The molecule has 0 aromatic heterocycles. The highest BCUT2D eigenvalue weighted by atomic mass is 16.3. The highest BCUT2D eigenvalue weighted by molar-refractivity contribution is 4.88. The summed E-state index contributed by atoms with van der Waals surface area (Å²) in [5.41, 5.74) is 6.05. The van der Waals surface area contributed by atoms with Crippen molar-refractivity contribution in [3.8, 4) is 0 Å². The molecule has 1 fully saturated rings. The first-order valence-electron chi connectivity index (χ1n) is 7.35. The summed E-state index contributed by atoms with van der Waals surface area (Å²) in [5, 5.41) is 9.47. The highest BCUT2D eigenvalue weighted by Gasteiger charge is 2.37. The van der Waals surface area contributed by atoms with Gasteiger partial charge >= 0.3 is 0 Å². The van der Waals surface area contributed by atoms with Gasteiger partial charge in [-0.25, -0.2) is 0 Å². The molecule has 1 aliphatic carbocycles. The molecule has 0 aromatic carbocycles. The van der Waals surface area contributed by atoms with Gasteiger partial charge in [-0.3, -0.25) is 0 Å². The van der Waals surface area contributed by atoms with Gasteiger partial charge in [0.25, 0.3) is 0 Å². The molecule has 0 spiro atoms. The van der Waals surface area contributed by atoms with Crippen molar-refractivity contribution < 1.29 is 5.11 Å². The summed E-state index contributed by atoms with van der Waals surface area (Å²) in [7, 11) is 0. The third-order valence-electron chi connectivity index (χ3n) is 4.95. The zero-order valence-corrected chi connectivity index (χ0v) is 11.9. The third-order valence-corrected chi connectivity index (χ3v) is 4.95. The molecule has 2 heteroatoms. The molecule has 102 valence electrons. The summed E-state index contributed by atoms with van der Waals surface area (Å²) < 4.78 is 0. The smallest absolute Gasteiger partial charge is 0.0459 e. The van der Waals surface area contributed by atoms with E-state index in [1.54, 1.807) is 0 Å². The van der Waals surface area contributed by atoms with E-state index >= 15 is 0 Å². The Kier molecular flexibility index (Phi) is 5.94. The fraction of sp³-hybridized carbons (Fsp3) is 1.00. The second-order valence-electron chi connectivity index (χ2n) is 6.53. The molecule has 0 aliphatic heterocycles. The van der Waals surface area contributed by atoms with Crippen molar-refractivity contribution >= 4 is 0 Å². The van der Waals surface area contributed by atoms with E-state index in [9.17, 15) is 5.11 Å². The van der Waals surface area contributed by atoms with Crippen molar-refractivity contribution in [2.75, 3.05) is 13.2 Å². The Morgan fingerprint density at radius 1 is 1.41 bits per heavy atom. The fourth-order valence-corrected chi connectivity index (χ4v) is 3.54. The van der Waals surface area contributed by atoms with Crippen LogP contribution >= 0.6 is 0 Å². The monoisotopic (exact) mass is 241 g/mol. The van der Waals surface area contributed by atoms with Crippen molar-refractivity contribution in [3.05, 3.63) is 0 Å². The highest BCUT2D eigenvalue weighted by Crippen LogP contribution is 2.47. The van der Waals surface area contributed by atoms with Gasteiger partial charge in [-0.15, -0.1) is 0 Å². The van der Waals surface area contributed by atoms with Crippen LogP contribution in [-0.2, 0) is 0 Å². The van der Waals surface area contributed by atoms with Gasteiger partial charge in [0.1, 0.15) is 0 Å². The Balaban J connectivity index is 2.58. The van der Waals surface area contributed by atoms with Gasteiger partial charge in [0.15, 0.2) is 0 Å². The summed E-state index contributed by atoms with van der Waals surface area (Å²) in [5.74, 6) is 2.08. The lowest BCUT2D eigenvalue weighted by Crippen LogP contribution is -2.34. The van der Waals surface area contributed by atoms with Crippen LogP contribution in [0.2, 0.25) is 0 Å². The van der Waals surface area contributed by atoms with E-state index in [0.29, 0.717) is 17.9 Å². The first-order valence-corrected chi connectivity index (χ1v) is 7.35. The molecular weight excluding hydrogens is 210 g/mol. The van der Waals surface area contributed by atoms with Crippen molar-refractivity contribution in [2.45, 2.75) is 59.3 Å². The minimum atomic E-state index is 0.371. The number of rotatable bonds is 6. The van der Waals surface area contributed by atoms with Gasteiger partial charge in [0.2, 0.25) is 0 Å². The lowest BCUT2D eigenvalue weighted by molar-refractivity contribution is 0.0438. The topological polar surface area (TPSA) is 46.2 Å². The van der Waals surface area contributed by atoms with E-state index in [4.69, 9.17) is 5.73 Å². The maximum atomic E-state index is 9.47. The molecule has 1 aliphatic rings. The van der Waals surface area contributed by atoms with Crippen LogP contribution in [-0.4, -0.2) is 18.3 Å². The van der Waals surface area contributed by atoms with Crippen molar-refractivity contribution in [1.82, 2.24) is 0 Å². The molecule has 2 nitrogen and oxygen atoms in total. The Hall–Kier alpha value is -0.0800. The molecule has 1 saturated carbocycles. The van der Waals surface area contributed by atoms with Crippen LogP contribution in [0.1, 0.15) is 59.3 Å². The predicted molar refractivity (Wildman–Crippen MR) is 73.8 cm³/mol. The van der Waals surface area contributed by atoms with Crippen LogP contribution in [0.4, 0.5) is 0 Å². The molecule has 0 bridgehead atoms. The predicted octanol–water partition coefficient (Wildman–Crippen LogP) is 3.19. The molecule has 0 aromatic rings. The Labute approximate surface area is 107 Å². The van der Waals surface area contributed by atoms with Gasteiger partial charge in [-0.05, 0) is 61.8 Å². The van der Waals surface area contributed by atoms with Crippen LogP contribution in [0.25, 0.3) is 0 Å². The SMILES string of the molecule is CC[C@@]1(C)CC([C@@H](C)CCCN)C[C@H](CO)C1. The third kappa shape index (κ3) is 4.26. The van der Waals surface area contributed by atoms with Gasteiger partial charge < -0.3 is 10.8 Å². The van der Waals surface area contributed by atoms with Crippen LogP contribution < -0.4 is 5.73 Å². The van der Waals surface area contributed by atoms with Crippen molar-refractivity contribution in [3.63, 3.8) is 0 Å². The summed E-state index contributed by atoms with van der Waals surface area (Å²) >= 11 is 0. The quantitative estimate of drug-likeness (QED) is 0.750. The normalized spacial score (nSPS) is 35.8. The molecule has 0 amide bonds. The summed E-state index contributed by atoms with van der Waals surface area (Å²) in [6.07, 6.45) is 7.40. The van der Waals surface area contributed by atoms with Gasteiger partial charge in [-0.2, -0.15) is 0 Å². The van der Waals surface area contributed by atoms with E-state index in [2.05, 4.69) is 20.8 Å². The zero-order valence-electron chi connectivity index (χ0n) is 11.9. The Morgan fingerprint density at radius 2 is 2.12 bits per heavy atom. The Bertz CT molecular complexity index is 219. The number of hydrogen-bond acceptors (Lipinski definition) is 2. The molecule has 17 heavy (non-hydrogen) atoms. The second kappa shape index (κ2) is 6.75. The van der Waals surface area contributed by atoms with Crippen LogP contribution in [0.3, 0.4) is 0 Å². The molecule has 3 N–H and O–H groups in total.